The monoisotopic (exact) mass is 308 g/mol. The number of halogens is 1. The summed E-state index contributed by atoms with van der Waals surface area (Å²) in [5.41, 5.74) is 1.33. The largest absolute Gasteiger partial charge is 0.465 e. The van der Waals surface area contributed by atoms with E-state index in [2.05, 4.69) is 17.3 Å². The van der Waals surface area contributed by atoms with Crippen molar-refractivity contribution in [3.63, 3.8) is 0 Å². The maximum absolute atomic E-state index is 11.9. The van der Waals surface area contributed by atoms with Crippen LogP contribution in [0.5, 0.6) is 0 Å². The van der Waals surface area contributed by atoms with E-state index in [0.29, 0.717) is 28.7 Å². The van der Waals surface area contributed by atoms with Crippen LogP contribution < -0.4 is 5.32 Å². The van der Waals surface area contributed by atoms with Crippen molar-refractivity contribution in [2.45, 2.75) is 43.8 Å². The molecule has 1 N–H and O–H groups in total. The quantitative estimate of drug-likeness (QED) is 0.871. The number of nitrogens with one attached hydrogen (secondary N) is 1. The number of ether oxygens (including phenoxy) is 1. The van der Waals surface area contributed by atoms with Crippen LogP contribution in [-0.2, 0) is 4.74 Å². The lowest BCUT2D eigenvalue weighted by atomic mass is 9.97. The summed E-state index contributed by atoms with van der Waals surface area (Å²) in [4.78, 5) is 14.4. The predicted octanol–water partition coefficient (Wildman–Crippen LogP) is 3.16. The van der Waals surface area contributed by atoms with Gasteiger partial charge >= 0.3 is 5.97 Å². The van der Waals surface area contributed by atoms with E-state index >= 15 is 0 Å². The normalized spacial score (nSPS) is 28.4. The van der Waals surface area contributed by atoms with Gasteiger partial charge < -0.3 is 15.0 Å². The van der Waals surface area contributed by atoms with Gasteiger partial charge in [0.2, 0.25) is 0 Å². The molecule has 0 saturated carbocycles. The molecule has 3 rings (SSSR count). The van der Waals surface area contributed by atoms with Crippen molar-refractivity contribution in [3.8, 4) is 0 Å². The Morgan fingerprint density at radius 1 is 1.33 bits per heavy atom. The number of esters is 1. The molecule has 0 aliphatic carbocycles. The Kier molecular flexibility index (Phi) is 4.09. The molecule has 2 unspecified atom stereocenters. The van der Waals surface area contributed by atoms with Gasteiger partial charge in [-0.3, -0.25) is 0 Å². The highest BCUT2D eigenvalue weighted by atomic mass is 35.5. The average molecular weight is 309 g/mol. The number of carbonyl (C=O) groups excluding carboxylic acids is 1. The van der Waals surface area contributed by atoms with Crippen molar-refractivity contribution in [2.75, 3.05) is 19.5 Å². The highest BCUT2D eigenvalue weighted by Gasteiger charge is 2.38. The average Bonchev–Trinajstić information content (AvgIpc) is 2.70. The Hall–Kier alpha value is -1.26. The number of hydrogen-bond donors (Lipinski definition) is 1. The number of fused-ring (bicyclic) bond motifs is 2. The van der Waals surface area contributed by atoms with Gasteiger partial charge in [0, 0.05) is 28.8 Å². The second-order valence-electron chi connectivity index (χ2n) is 6.04. The smallest absolute Gasteiger partial charge is 0.340 e. The van der Waals surface area contributed by atoms with Gasteiger partial charge in [-0.05, 0) is 50.9 Å². The Labute approximate surface area is 130 Å². The predicted molar refractivity (Wildman–Crippen MR) is 84.0 cm³/mol. The molecule has 2 aliphatic rings. The number of methoxy groups -OCH3 is 1. The Morgan fingerprint density at radius 3 is 2.62 bits per heavy atom. The van der Waals surface area contributed by atoms with Crippen LogP contribution in [-0.4, -0.2) is 43.2 Å². The number of benzene rings is 1. The minimum Gasteiger partial charge on any atom is -0.465 e. The molecule has 1 aromatic carbocycles. The Balaban J connectivity index is 1.78. The summed E-state index contributed by atoms with van der Waals surface area (Å²) in [6.45, 7) is 0. The van der Waals surface area contributed by atoms with Gasteiger partial charge in [-0.25, -0.2) is 4.79 Å². The summed E-state index contributed by atoms with van der Waals surface area (Å²) >= 11 is 5.99. The fourth-order valence-corrected chi connectivity index (χ4v) is 3.84. The van der Waals surface area contributed by atoms with Gasteiger partial charge in [-0.1, -0.05) is 11.6 Å². The molecule has 2 bridgehead atoms. The molecule has 114 valence electrons. The zero-order chi connectivity index (χ0) is 15.0. The first-order valence-corrected chi connectivity index (χ1v) is 7.82. The van der Waals surface area contributed by atoms with Crippen LogP contribution in [0.2, 0.25) is 5.02 Å². The third kappa shape index (κ3) is 2.87. The zero-order valence-electron chi connectivity index (χ0n) is 12.4. The van der Waals surface area contributed by atoms with E-state index in [1.165, 1.54) is 20.0 Å². The van der Waals surface area contributed by atoms with Crippen LogP contribution in [0.3, 0.4) is 0 Å². The van der Waals surface area contributed by atoms with Gasteiger partial charge in [0.15, 0.2) is 0 Å². The molecule has 0 spiro atoms. The number of carbonyl (C=O) groups is 1. The van der Waals surface area contributed by atoms with Crippen molar-refractivity contribution in [2.24, 2.45) is 0 Å². The summed E-state index contributed by atoms with van der Waals surface area (Å²) in [5.74, 6) is -0.351. The molecule has 2 atom stereocenters. The maximum Gasteiger partial charge on any atom is 0.340 e. The van der Waals surface area contributed by atoms with Crippen molar-refractivity contribution >= 4 is 23.3 Å². The lowest BCUT2D eigenvalue weighted by Gasteiger charge is -2.37. The van der Waals surface area contributed by atoms with E-state index in [9.17, 15) is 4.79 Å². The van der Waals surface area contributed by atoms with E-state index in [-0.39, 0.29) is 5.97 Å². The van der Waals surface area contributed by atoms with E-state index in [4.69, 9.17) is 16.3 Å². The minimum atomic E-state index is -0.351. The van der Waals surface area contributed by atoms with Crippen LogP contribution in [0.15, 0.2) is 18.2 Å². The van der Waals surface area contributed by atoms with Crippen molar-refractivity contribution < 1.29 is 9.53 Å². The molecule has 21 heavy (non-hydrogen) atoms. The van der Waals surface area contributed by atoms with E-state index in [1.54, 1.807) is 12.1 Å². The number of anilines is 1. The first-order valence-electron chi connectivity index (χ1n) is 7.45. The lowest BCUT2D eigenvalue weighted by molar-refractivity contribution is 0.0601. The SMILES string of the molecule is COC(=O)c1cc(Cl)ccc1NC1CC2CCC(C1)N2C. The summed E-state index contributed by atoms with van der Waals surface area (Å²) in [6, 6.07) is 7.07. The summed E-state index contributed by atoms with van der Waals surface area (Å²) < 4.78 is 4.85. The molecule has 0 amide bonds. The molecular weight excluding hydrogens is 288 g/mol. The third-order valence-electron chi connectivity index (χ3n) is 4.84. The Morgan fingerprint density at radius 2 is 2.00 bits per heavy atom. The molecule has 2 aliphatic heterocycles. The fraction of sp³-hybridized carbons (Fsp3) is 0.562. The van der Waals surface area contributed by atoms with Crippen LogP contribution in [0.25, 0.3) is 0 Å². The lowest BCUT2D eigenvalue weighted by Crippen LogP contribution is -2.44. The van der Waals surface area contributed by atoms with Gasteiger partial charge in [0.1, 0.15) is 0 Å². The summed E-state index contributed by atoms with van der Waals surface area (Å²) in [7, 11) is 3.61. The van der Waals surface area contributed by atoms with Gasteiger partial charge in [0.05, 0.1) is 12.7 Å². The molecule has 1 aromatic rings. The van der Waals surface area contributed by atoms with Crippen LogP contribution in [0.4, 0.5) is 5.69 Å². The van der Waals surface area contributed by atoms with Crippen molar-refractivity contribution in [3.05, 3.63) is 28.8 Å². The Bertz CT molecular complexity index is 535. The van der Waals surface area contributed by atoms with Crippen LogP contribution >= 0.6 is 11.6 Å². The first kappa shape index (κ1) is 14.7. The number of piperidine rings is 1. The number of rotatable bonds is 3. The van der Waals surface area contributed by atoms with Crippen molar-refractivity contribution in [1.29, 1.82) is 0 Å². The van der Waals surface area contributed by atoms with E-state index in [1.807, 2.05) is 6.07 Å². The number of nitrogens with zero attached hydrogens (tertiary/aromatic N) is 1. The molecular formula is C16H21ClN2O2. The molecule has 5 heteroatoms. The van der Waals surface area contributed by atoms with Crippen LogP contribution in [0.1, 0.15) is 36.0 Å². The first-order chi connectivity index (χ1) is 10.1. The van der Waals surface area contributed by atoms with Gasteiger partial charge in [-0.15, -0.1) is 0 Å². The third-order valence-corrected chi connectivity index (χ3v) is 5.08. The van der Waals surface area contributed by atoms with Gasteiger partial charge in [0.25, 0.3) is 0 Å². The topological polar surface area (TPSA) is 41.6 Å². The van der Waals surface area contributed by atoms with E-state index in [0.717, 1.165) is 18.5 Å². The molecule has 0 aromatic heterocycles. The molecule has 2 saturated heterocycles. The van der Waals surface area contributed by atoms with Gasteiger partial charge in [-0.2, -0.15) is 0 Å². The maximum atomic E-state index is 11.9. The standard InChI is InChI=1S/C16H21ClN2O2/c1-19-12-4-5-13(19)9-11(8-12)18-15-6-3-10(17)7-14(15)16(20)21-2/h3,6-7,11-13,18H,4-5,8-9H2,1-2H3. The summed E-state index contributed by atoms with van der Waals surface area (Å²) in [5, 5.41) is 4.07. The minimum absolute atomic E-state index is 0.351. The zero-order valence-corrected chi connectivity index (χ0v) is 13.2. The van der Waals surface area contributed by atoms with E-state index < -0.39 is 0 Å². The molecule has 2 heterocycles. The molecule has 2 fully saturated rings. The summed E-state index contributed by atoms with van der Waals surface area (Å²) in [6.07, 6.45) is 4.81. The molecule has 4 nitrogen and oxygen atoms in total. The van der Waals surface area contributed by atoms with Crippen LogP contribution in [0, 0.1) is 0 Å². The second kappa shape index (κ2) is 5.85. The number of hydrogen-bond acceptors (Lipinski definition) is 4. The second-order valence-corrected chi connectivity index (χ2v) is 6.48. The van der Waals surface area contributed by atoms with Crippen molar-refractivity contribution in [1.82, 2.24) is 4.90 Å². The molecule has 0 radical (unpaired) electrons. The highest BCUT2D eigenvalue weighted by molar-refractivity contribution is 6.31. The fourth-order valence-electron chi connectivity index (χ4n) is 3.67. The highest BCUT2D eigenvalue weighted by Crippen LogP contribution is 2.36.